The zero-order valence-electron chi connectivity index (χ0n) is 16.8. The van der Waals surface area contributed by atoms with Crippen molar-refractivity contribution in [3.63, 3.8) is 0 Å². The number of aromatic nitrogens is 1. The highest BCUT2D eigenvalue weighted by atomic mass is 19.1. The van der Waals surface area contributed by atoms with Gasteiger partial charge in [-0.2, -0.15) is 0 Å². The van der Waals surface area contributed by atoms with Gasteiger partial charge in [-0.25, -0.2) is 9.18 Å². The summed E-state index contributed by atoms with van der Waals surface area (Å²) in [4.78, 5) is 40.9. The molecule has 1 atom stereocenters. The zero-order valence-corrected chi connectivity index (χ0v) is 16.8. The van der Waals surface area contributed by atoms with Gasteiger partial charge in [0.2, 0.25) is 11.8 Å². The van der Waals surface area contributed by atoms with Gasteiger partial charge in [0, 0.05) is 25.6 Å². The number of nitrogens with zero attached hydrogens (tertiary/aromatic N) is 2. The molecular weight excluding hydrogens is 379 g/mol. The van der Waals surface area contributed by atoms with E-state index in [2.05, 4.69) is 15.6 Å². The van der Waals surface area contributed by atoms with Crippen molar-refractivity contribution in [3.05, 3.63) is 29.9 Å². The summed E-state index contributed by atoms with van der Waals surface area (Å²) < 4.78 is 20.0. The van der Waals surface area contributed by atoms with Crippen LogP contribution in [0.1, 0.15) is 45.7 Å². The topological polar surface area (TPSA) is 101 Å². The van der Waals surface area contributed by atoms with Crippen molar-refractivity contribution in [2.75, 3.05) is 18.4 Å². The van der Waals surface area contributed by atoms with Gasteiger partial charge >= 0.3 is 6.09 Å². The van der Waals surface area contributed by atoms with E-state index < -0.39 is 29.5 Å². The molecule has 1 unspecified atom stereocenters. The van der Waals surface area contributed by atoms with Crippen molar-refractivity contribution in [1.82, 2.24) is 15.2 Å². The molecule has 1 aromatic rings. The molecule has 2 aliphatic heterocycles. The summed E-state index contributed by atoms with van der Waals surface area (Å²) in [6.07, 6.45) is 3.88. The molecule has 156 valence electrons. The van der Waals surface area contributed by atoms with Crippen LogP contribution in [-0.2, 0) is 14.3 Å². The van der Waals surface area contributed by atoms with E-state index in [-0.39, 0.29) is 18.0 Å². The van der Waals surface area contributed by atoms with Gasteiger partial charge in [-0.3, -0.25) is 19.9 Å². The lowest BCUT2D eigenvalue weighted by Crippen LogP contribution is -2.47. The molecule has 2 N–H and O–H groups in total. The lowest BCUT2D eigenvalue weighted by molar-refractivity contribution is -0.133. The standard InChI is InChI=1S/C20H25FN4O4/c1-20(2,3)29-19(28)25-8-6-12(7-9-25)17-14(21)10-13(11-22-17)23-15-4-5-16(26)24-18(15)27/h6,10-11,15,23H,4-5,7-9H2,1-3H3,(H,24,26,27). The quantitative estimate of drug-likeness (QED) is 0.751. The number of amides is 3. The molecule has 0 radical (unpaired) electrons. The minimum Gasteiger partial charge on any atom is -0.444 e. The largest absolute Gasteiger partial charge is 0.444 e. The highest BCUT2D eigenvalue weighted by Gasteiger charge is 2.27. The summed E-state index contributed by atoms with van der Waals surface area (Å²) in [5.74, 6) is -1.25. The summed E-state index contributed by atoms with van der Waals surface area (Å²) in [7, 11) is 0. The second-order valence-electron chi connectivity index (χ2n) is 8.11. The Hall–Kier alpha value is -2.97. The maximum absolute atomic E-state index is 14.6. The summed E-state index contributed by atoms with van der Waals surface area (Å²) in [6, 6.07) is 0.684. The molecule has 29 heavy (non-hydrogen) atoms. The number of hydrogen-bond donors (Lipinski definition) is 2. The van der Waals surface area contributed by atoms with Gasteiger partial charge in [0.05, 0.1) is 11.9 Å². The smallest absolute Gasteiger partial charge is 0.410 e. The van der Waals surface area contributed by atoms with Crippen molar-refractivity contribution in [2.24, 2.45) is 0 Å². The maximum Gasteiger partial charge on any atom is 0.410 e. The predicted octanol–water partition coefficient (Wildman–Crippen LogP) is 2.46. The van der Waals surface area contributed by atoms with Gasteiger partial charge in [-0.05, 0) is 39.2 Å². The Labute approximate surface area is 168 Å². The van der Waals surface area contributed by atoms with Crippen LogP contribution in [0.25, 0.3) is 5.57 Å². The first-order valence-corrected chi connectivity index (χ1v) is 9.55. The lowest BCUT2D eigenvalue weighted by atomic mass is 10.0. The Kier molecular flexibility index (Phi) is 5.86. The Morgan fingerprint density at radius 2 is 2.10 bits per heavy atom. The number of rotatable bonds is 3. The lowest BCUT2D eigenvalue weighted by Gasteiger charge is -2.29. The summed E-state index contributed by atoms with van der Waals surface area (Å²) in [6.45, 7) is 6.15. The van der Waals surface area contributed by atoms with E-state index in [4.69, 9.17) is 4.74 Å². The number of piperidine rings is 1. The molecular formula is C20H25FN4O4. The number of imide groups is 1. The van der Waals surface area contributed by atoms with Crippen LogP contribution < -0.4 is 10.6 Å². The molecule has 3 rings (SSSR count). The molecule has 0 spiro atoms. The first-order chi connectivity index (χ1) is 13.6. The Morgan fingerprint density at radius 1 is 1.34 bits per heavy atom. The number of pyridine rings is 1. The van der Waals surface area contributed by atoms with Crippen LogP contribution in [0.2, 0.25) is 0 Å². The van der Waals surface area contributed by atoms with E-state index in [1.54, 1.807) is 31.7 Å². The average molecular weight is 404 g/mol. The maximum atomic E-state index is 14.6. The van der Waals surface area contributed by atoms with Crippen LogP contribution in [0.5, 0.6) is 0 Å². The Bertz CT molecular complexity index is 863. The third-order valence-corrected chi connectivity index (χ3v) is 4.59. The van der Waals surface area contributed by atoms with Crippen molar-refractivity contribution in [1.29, 1.82) is 0 Å². The predicted molar refractivity (Wildman–Crippen MR) is 104 cm³/mol. The van der Waals surface area contributed by atoms with Gasteiger partial charge in [0.25, 0.3) is 0 Å². The summed E-state index contributed by atoms with van der Waals surface area (Å²) in [5.41, 5.74) is 0.741. The van der Waals surface area contributed by atoms with Crippen LogP contribution in [0.3, 0.4) is 0 Å². The first kappa shape index (κ1) is 20.8. The minimum atomic E-state index is -0.601. The highest BCUT2D eigenvalue weighted by Crippen LogP contribution is 2.26. The Balaban J connectivity index is 1.64. The summed E-state index contributed by atoms with van der Waals surface area (Å²) >= 11 is 0. The SMILES string of the molecule is CC(C)(C)OC(=O)N1CC=C(c2ncc(NC3CCC(=O)NC3=O)cc2F)CC1. The van der Waals surface area contributed by atoms with Crippen LogP contribution in [0.4, 0.5) is 14.9 Å². The molecule has 3 amide bonds. The van der Waals surface area contributed by atoms with E-state index >= 15 is 0 Å². The first-order valence-electron chi connectivity index (χ1n) is 9.55. The molecule has 9 heteroatoms. The summed E-state index contributed by atoms with van der Waals surface area (Å²) in [5, 5.41) is 5.16. The van der Waals surface area contributed by atoms with Crippen LogP contribution in [-0.4, -0.2) is 52.5 Å². The molecule has 1 saturated heterocycles. The van der Waals surface area contributed by atoms with Crippen molar-refractivity contribution >= 4 is 29.2 Å². The second-order valence-corrected chi connectivity index (χ2v) is 8.11. The van der Waals surface area contributed by atoms with Crippen molar-refractivity contribution in [3.8, 4) is 0 Å². The molecule has 0 aromatic carbocycles. The van der Waals surface area contributed by atoms with Gasteiger partial charge in [0.15, 0.2) is 5.82 Å². The number of nitrogens with one attached hydrogen (secondary N) is 2. The van der Waals surface area contributed by atoms with Crippen molar-refractivity contribution in [2.45, 2.75) is 51.7 Å². The second kappa shape index (κ2) is 8.18. The van der Waals surface area contributed by atoms with E-state index in [1.807, 2.05) is 0 Å². The molecule has 2 aliphatic rings. The number of ether oxygens (including phenoxy) is 1. The highest BCUT2D eigenvalue weighted by molar-refractivity contribution is 6.01. The molecule has 0 saturated carbocycles. The normalized spacial score (nSPS) is 20.1. The molecule has 3 heterocycles. The van der Waals surface area contributed by atoms with Gasteiger partial charge in [-0.15, -0.1) is 0 Å². The molecule has 0 aliphatic carbocycles. The van der Waals surface area contributed by atoms with Crippen molar-refractivity contribution < 1.29 is 23.5 Å². The van der Waals surface area contributed by atoms with Crippen LogP contribution >= 0.6 is 0 Å². The monoisotopic (exact) mass is 404 g/mol. The van der Waals surface area contributed by atoms with E-state index in [0.717, 1.165) is 5.57 Å². The molecule has 8 nitrogen and oxygen atoms in total. The number of halogens is 1. The number of hydrogen-bond acceptors (Lipinski definition) is 6. The molecule has 0 bridgehead atoms. The number of carbonyl (C=O) groups excluding carboxylic acids is 3. The zero-order chi connectivity index (χ0) is 21.2. The molecule has 1 fully saturated rings. The number of carbonyl (C=O) groups is 3. The van der Waals surface area contributed by atoms with E-state index in [0.29, 0.717) is 31.6 Å². The fraction of sp³-hybridized carbons (Fsp3) is 0.500. The third kappa shape index (κ3) is 5.30. The van der Waals surface area contributed by atoms with Gasteiger partial charge in [-0.1, -0.05) is 6.08 Å². The van der Waals surface area contributed by atoms with Crippen LogP contribution in [0, 0.1) is 5.82 Å². The Morgan fingerprint density at radius 3 is 2.69 bits per heavy atom. The van der Waals surface area contributed by atoms with Gasteiger partial charge < -0.3 is 15.0 Å². The van der Waals surface area contributed by atoms with Gasteiger partial charge in [0.1, 0.15) is 17.3 Å². The van der Waals surface area contributed by atoms with E-state index in [1.165, 1.54) is 12.3 Å². The average Bonchev–Trinajstić information content (AvgIpc) is 2.63. The van der Waals surface area contributed by atoms with Crippen LogP contribution in [0.15, 0.2) is 18.3 Å². The fourth-order valence-electron chi connectivity index (χ4n) is 3.16. The number of anilines is 1. The fourth-order valence-corrected chi connectivity index (χ4v) is 3.16. The van der Waals surface area contributed by atoms with E-state index in [9.17, 15) is 18.8 Å². The minimum absolute atomic E-state index is 0.225. The third-order valence-electron chi connectivity index (χ3n) is 4.59. The molecule has 1 aromatic heterocycles.